The Morgan fingerprint density at radius 3 is 2.41 bits per heavy atom. The lowest BCUT2D eigenvalue weighted by Gasteiger charge is -2.11. The number of Topliss-reactive ketones (excluding diaryl/α,β-unsaturated/α-hetero) is 1. The zero-order valence-electron chi connectivity index (χ0n) is 12.4. The number of halogens is 2. The SMILES string of the molecule is CN(C)c1ccc(/C=C2\Cc3c(F)ccc(Br)c3C2=O)cc1. The van der Waals surface area contributed by atoms with Crippen molar-refractivity contribution >= 4 is 33.5 Å². The Morgan fingerprint density at radius 1 is 1.14 bits per heavy atom. The van der Waals surface area contributed by atoms with Gasteiger partial charge in [-0.3, -0.25) is 4.79 Å². The lowest BCUT2D eigenvalue weighted by atomic mass is 10.1. The summed E-state index contributed by atoms with van der Waals surface area (Å²) in [5.74, 6) is -0.420. The smallest absolute Gasteiger partial charge is 0.190 e. The van der Waals surface area contributed by atoms with Gasteiger partial charge in [-0.1, -0.05) is 28.1 Å². The number of nitrogens with zero attached hydrogens (tertiary/aromatic N) is 1. The highest BCUT2D eigenvalue weighted by molar-refractivity contribution is 9.10. The molecule has 0 atom stereocenters. The summed E-state index contributed by atoms with van der Waals surface area (Å²) in [6.45, 7) is 0. The summed E-state index contributed by atoms with van der Waals surface area (Å²) in [6.07, 6.45) is 2.18. The molecule has 0 N–H and O–H groups in total. The van der Waals surface area contributed by atoms with Crippen molar-refractivity contribution in [2.75, 3.05) is 19.0 Å². The van der Waals surface area contributed by atoms with E-state index in [1.165, 1.54) is 6.07 Å². The third-order valence-corrected chi connectivity index (χ3v) is 4.50. The number of anilines is 1. The maximum atomic E-state index is 13.9. The van der Waals surface area contributed by atoms with Gasteiger partial charge in [0.15, 0.2) is 5.78 Å². The van der Waals surface area contributed by atoms with Crippen LogP contribution >= 0.6 is 15.9 Å². The average molecular weight is 360 g/mol. The van der Waals surface area contributed by atoms with Crippen LogP contribution in [0.2, 0.25) is 0 Å². The summed E-state index contributed by atoms with van der Waals surface area (Å²) < 4.78 is 14.5. The maximum absolute atomic E-state index is 13.9. The Hall–Kier alpha value is -1.94. The molecule has 2 aromatic carbocycles. The summed E-state index contributed by atoms with van der Waals surface area (Å²) >= 11 is 3.34. The fraction of sp³-hybridized carbons (Fsp3) is 0.167. The molecule has 1 aliphatic rings. The highest BCUT2D eigenvalue weighted by Crippen LogP contribution is 2.34. The van der Waals surface area contributed by atoms with Crippen LogP contribution in [0.4, 0.5) is 10.1 Å². The van der Waals surface area contributed by atoms with Gasteiger partial charge < -0.3 is 4.90 Å². The molecule has 0 fully saturated rings. The number of allylic oxidation sites excluding steroid dienone is 1. The molecule has 0 aliphatic heterocycles. The minimum Gasteiger partial charge on any atom is -0.378 e. The first-order chi connectivity index (χ1) is 10.5. The topological polar surface area (TPSA) is 20.3 Å². The third-order valence-electron chi connectivity index (χ3n) is 3.84. The largest absolute Gasteiger partial charge is 0.378 e. The number of fused-ring (bicyclic) bond motifs is 1. The van der Waals surface area contributed by atoms with Gasteiger partial charge in [-0.25, -0.2) is 4.39 Å². The molecule has 0 aromatic heterocycles. The molecule has 112 valence electrons. The zero-order valence-corrected chi connectivity index (χ0v) is 13.9. The van der Waals surface area contributed by atoms with Crippen LogP contribution in [0.1, 0.15) is 21.5 Å². The van der Waals surface area contributed by atoms with E-state index in [2.05, 4.69) is 15.9 Å². The second kappa shape index (κ2) is 5.69. The van der Waals surface area contributed by atoms with Crippen molar-refractivity contribution in [2.45, 2.75) is 6.42 Å². The van der Waals surface area contributed by atoms with Gasteiger partial charge in [0.2, 0.25) is 0 Å². The number of carbonyl (C=O) groups excluding carboxylic acids is 1. The maximum Gasteiger partial charge on any atom is 0.190 e. The van der Waals surface area contributed by atoms with Crippen molar-refractivity contribution in [1.82, 2.24) is 0 Å². The average Bonchev–Trinajstić information content (AvgIpc) is 2.82. The van der Waals surface area contributed by atoms with Gasteiger partial charge in [0.05, 0.1) is 0 Å². The molecule has 1 aliphatic carbocycles. The summed E-state index contributed by atoms with van der Waals surface area (Å²) in [6, 6.07) is 10.9. The Labute approximate surface area is 137 Å². The molecule has 0 bridgehead atoms. The van der Waals surface area contributed by atoms with Crippen molar-refractivity contribution in [1.29, 1.82) is 0 Å². The van der Waals surface area contributed by atoms with Gasteiger partial charge in [0.25, 0.3) is 0 Å². The molecule has 0 amide bonds. The van der Waals surface area contributed by atoms with E-state index in [-0.39, 0.29) is 11.6 Å². The van der Waals surface area contributed by atoms with E-state index in [0.29, 0.717) is 27.6 Å². The normalized spacial score (nSPS) is 15.3. The molecule has 3 rings (SSSR count). The van der Waals surface area contributed by atoms with E-state index >= 15 is 0 Å². The van der Waals surface area contributed by atoms with Gasteiger partial charge in [-0.2, -0.15) is 0 Å². The molecule has 2 nitrogen and oxygen atoms in total. The lowest BCUT2D eigenvalue weighted by molar-refractivity contribution is 0.104. The number of benzene rings is 2. The van der Waals surface area contributed by atoms with Crippen LogP contribution in [0.15, 0.2) is 46.4 Å². The van der Waals surface area contributed by atoms with Gasteiger partial charge >= 0.3 is 0 Å². The van der Waals surface area contributed by atoms with Crippen LogP contribution in [0.25, 0.3) is 6.08 Å². The summed E-state index contributed by atoms with van der Waals surface area (Å²) in [7, 11) is 3.95. The van der Waals surface area contributed by atoms with Crippen LogP contribution in [-0.4, -0.2) is 19.9 Å². The van der Waals surface area contributed by atoms with Crippen LogP contribution in [0.5, 0.6) is 0 Å². The summed E-state index contributed by atoms with van der Waals surface area (Å²) in [4.78, 5) is 14.5. The van der Waals surface area contributed by atoms with E-state index < -0.39 is 0 Å². The van der Waals surface area contributed by atoms with Crippen LogP contribution in [-0.2, 0) is 6.42 Å². The first kappa shape index (κ1) is 15.0. The fourth-order valence-electron chi connectivity index (χ4n) is 2.63. The Balaban J connectivity index is 1.96. The van der Waals surface area contributed by atoms with E-state index in [9.17, 15) is 9.18 Å². The molecular weight excluding hydrogens is 345 g/mol. The van der Waals surface area contributed by atoms with Crippen molar-refractivity contribution in [3.05, 3.63) is 69.0 Å². The highest BCUT2D eigenvalue weighted by atomic mass is 79.9. The number of ketones is 1. The van der Waals surface area contributed by atoms with Crippen molar-refractivity contribution < 1.29 is 9.18 Å². The fourth-order valence-corrected chi connectivity index (χ4v) is 3.18. The second-order valence-electron chi connectivity index (χ2n) is 5.54. The molecule has 0 heterocycles. The van der Waals surface area contributed by atoms with Crippen LogP contribution < -0.4 is 4.90 Å². The van der Waals surface area contributed by atoms with E-state index in [1.54, 1.807) is 6.07 Å². The van der Waals surface area contributed by atoms with Crippen LogP contribution in [0.3, 0.4) is 0 Å². The summed E-state index contributed by atoms with van der Waals surface area (Å²) in [5, 5.41) is 0. The van der Waals surface area contributed by atoms with E-state index in [0.717, 1.165) is 11.3 Å². The number of carbonyl (C=O) groups is 1. The third kappa shape index (κ3) is 2.59. The van der Waals surface area contributed by atoms with Gasteiger partial charge in [0.1, 0.15) is 5.82 Å². The molecular formula is C18H15BrFNO. The predicted octanol–water partition coefficient (Wildman–Crippen LogP) is 4.48. The molecule has 2 aromatic rings. The molecule has 0 radical (unpaired) electrons. The molecule has 0 saturated carbocycles. The van der Waals surface area contributed by atoms with Crippen LogP contribution in [0, 0.1) is 5.82 Å². The second-order valence-corrected chi connectivity index (χ2v) is 6.40. The molecule has 4 heteroatoms. The van der Waals surface area contributed by atoms with E-state index in [4.69, 9.17) is 0 Å². The van der Waals surface area contributed by atoms with Crippen molar-refractivity contribution in [3.63, 3.8) is 0 Å². The van der Waals surface area contributed by atoms with Crippen molar-refractivity contribution in [2.24, 2.45) is 0 Å². The highest BCUT2D eigenvalue weighted by Gasteiger charge is 2.29. The summed E-state index contributed by atoms with van der Waals surface area (Å²) in [5.41, 5.74) is 3.60. The molecule has 22 heavy (non-hydrogen) atoms. The lowest BCUT2D eigenvalue weighted by Crippen LogP contribution is -2.07. The monoisotopic (exact) mass is 359 g/mol. The first-order valence-electron chi connectivity index (χ1n) is 6.97. The first-order valence-corrected chi connectivity index (χ1v) is 7.76. The molecule has 0 unspecified atom stereocenters. The van der Waals surface area contributed by atoms with Gasteiger partial charge in [-0.05, 0) is 35.9 Å². The Bertz CT molecular complexity index is 778. The number of hydrogen-bond acceptors (Lipinski definition) is 2. The van der Waals surface area contributed by atoms with Gasteiger partial charge in [0, 0.05) is 47.4 Å². The van der Waals surface area contributed by atoms with E-state index in [1.807, 2.05) is 49.3 Å². The zero-order chi connectivity index (χ0) is 15.9. The number of rotatable bonds is 2. The minimum absolute atomic E-state index is 0.0990. The molecule has 0 spiro atoms. The molecule has 0 saturated heterocycles. The standard InChI is InChI=1S/C18H15BrFNO/c1-21(2)13-5-3-11(4-6-13)9-12-10-14-16(20)8-7-15(19)17(14)18(12)22/h3-9H,10H2,1-2H3/b12-9+. The van der Waals surface area contributed by atoms with Crippen molar-refractivity contribution in [3.8, 4) is 0 Å². The Morgan fingerprint density at radius 2 is 1.82 bits per heavy atom. The number of hydrogen-bond donors (Lipinski definition) is 0. The quantitative estimate of drug-likeness (QED) is 0.737. The van der Waals surface area contributed by atoms with Gasteiger partial charge in [-0.15, -0.1) is 0 Å². The Kier molecular flexibility index (Phi) is 3.87. The minimum atomic E-state index is -0.321. The predicted molar refractivity (Wildman–Crippen MR) is 90.9 cm³/mol.